The molecule has 1 amide bonds. The Kier molecular flexibility index (Phi) is 7.20. The summed E-state index contributed by atoms with van der Waals surface area (Å²) in [6.07, 6.45) is 1.95. The fourth-order valence-electron chi connectivity index (χ4n) is 3.32. The van der Waals surface area contributed by atoms with E-state index in [-0.39, 0.29) is 5.91 Å². The molecular formula is C25H21Cl2N3OS. The minimum absolute atomic E-state index is 0.264. The lowest BCUT2D eigenvalue weighted by Crippen LogP contribution is -2.23. The van der Waals surface area contributed by atoms with Crippen LogP contribution in [0, 0.1) is 0 Å². The number of hydrogen-bond donors (Lipinski definition) is 1. The number of para-hydroxylation sites is 1. The predicted octanol–water partition coefficient (Wildman–Crippen LogP) is 6.89. The van der Waals surface area contributed by atoms with Crippen molar-refractivity contribution in [2.45, 2.75) is 18.4 Å². The zero-order valence-corrected chi connectivity index (χ0v) is 19.7. The first kappa shape index (κ1) is 22.5. The molecule has 0 bridgehead atoms. The van der Waals surface area contributed by atoms with Crippen molar-refractivity contribution in [3.05, 3.63) is 100 Å². The summed E-state index contributed by atoms with van der Waals surface area (Å²) >= 11 is 13.9. The zero-order valence-electron chi connectivity index (χ0n) is 17.4. The average Bonchev–Trinajstić information content (AvgIpc) is 3.23. The van der Waals surface area contributed by atoms with Crippen molar-refractivity contribution in [3.8, 4) is 16.9 Å². The average molecular weight is 482 g/mol. The van der Waals surface area contributed by atoms with Crippen LogP contribution >= 0.6 is 35.0 Å². The molecular weight excluding hydrogens is 461 g/mol. The second-order valence-corrected chi connectivity index (χ2v) is 9.23. The van der Waals surface area contributed by atoms with Crippen LogP contribution < -0.4 is 5.32 Å². The van der Waals surface area contributed by atoms with Crippen LogP contribution in [0.3, 0.4) is 0 Å². The first-order valence-corrected chi connectivity index (χ1v) is 11.9. The smallest absolute Gasteiger partial charge is 0.253 e. The summed E-state index contributed by atoms with van der Waals surface area (Å²) < 4.78 is 1.83. The molecule has 0 saturated carbocycles. The van der Waals surface area contributed by atoms with Gasteiger partial charge in [-0.15, -0.1) is 11.8 Å². The summed E-state index contributed by atoms with van der Waals surface area (Å²) in [5, 5.41) is 8.59. The minimum atomic E-state index is -0.264. The van der Waals surface area contributed by atoms with E-state index in [1.807, 2.05) is 41.2 Å². The van der Waals surface area contributed by atoms with Crippen LogP contribution in [0.15, 0.2) is 83.9 Å². The van der Waals surface area contributed by atoms with E-state index in [2.05, 4.69) is 36.5 Å². The summed E-state index contributed by atoms with van der Waals surface area (Å²) in [6, 6.07) is 23.1. The number of nitrogens with one attached hydrogen (secondary N) is 1. The number of carbonyl (C=O) groups excluding carboxylic acids is 1. The maximum absolute atomic E-state index is 12.7. The number of aromatic nitrogens is 2. The quantitative estimate of drug-likeness (QED) is 0.292. The molecule has 162 valence electrons. The van der Waals surface area contributed by atoms with Gasteiger partial charge in [-0.25, -0.2) is 4.68 Å². The van der Waals surface area contributed by atoms with Crippen LogP contribution in [-0.2, 0) is 6.54 Å². The lowest BCUT2D eigenvalue weighted by atomic mass is 10.1. The van der Waals surface area contributed by atoms with E-state index in [9.17, 15) is 4.79 Å². The van der Waals surface area contributed by atoms with Gasteiger partial charge in [0.25, 0.3) is 5.91 Å². The highest BCUT2D eigenvalue weighted by Crippen LogP contribution is 2.27. The lowest BCUT2D eigenvalue weighted by Gasteiger charge is -2.08. The molecule has 0 radical (unpaired) electrons. The monoisotopic (exact) mass is 481 g/mol. The Bertz CT molecular complexity index is 1220. The van der Waals surface area contributed by atoms with Crippen LogP contribution in [0.4, 0.5) is 0 Å². The third-order valence-electron chi connectivity index (χ3n) is 4.86. The van der Waals surface area contributed by atoms with Gasteiger partial charge >= 0.3 is 0 Å². The number of amides is 1. The molecule has 4 nitrogen and oxygen atoms in total. The molecule has 4 rings (SSSR count). The van der Waals surface area contributed by atoms with E-state index >= 15 is 0 Å². The van der Waals surface area contributed by atoms with Crippen molar-refractivity contribution < 1.29 is 4.79 Å². The third-order valence-corrected chi connectivity index (χ3v) is 6.31. The zero-order chi connectivity index (χ0) is 22.5. The predicted molar refractivity (Wildman–Crippen MR) is 133 cm³/mol. The van der Waals surface area contributed by atoms with E-state index in [1.165, 1.54) is 4.90 Å². The van der Waals surface area contributed by atoms with Gasteiger partial charge in [-0.2, -0.15) is 5.10 Å². The molecule has 0 aliphatic rings. The van der Waals surface area contributed by atoms with Crippen molar-refractivity contribution in [3.63, 3.8) is 0 Å². The Hall–Kier alpha value is -2.73. The van der Waals surface area contributed by atoms with E-state index < -0.39 is 0 Å². The van der Waals surface area contributed by atoms with Gasteiger partial charge in [0.1, 0.15) is 0 Å². The molecule has 32 heavy (non-hydrogen) atoms. The largest absolute Gasteiger partial charge is 0.348 e. The highest BCUT2D eigenvalue weighted by Gasteiger charge is 2.15. The van der Waals surface area contributed by atoms with Crippen molar-refractivity contribution in [1.82, 2.24) is 15.1 Å². The summed E-state index contributed by atoms with van der Waals surface area (Å²) in [6.45, 7) is 2.44. The van der Waals surface area contributed by atoms with E-state index in [1.54, 1.807) is 30.0 Å². The topological polar surface area (TPSA) is 46.9 Å². The highest BCUT2D eigenvalue weighted by atomic mass is 35.5. The summed E-state index contributed by atoms with van der Waals surface area (Å²) in [5.74, 6) is 0.756. The van der Waals surface area contributed by atoms with Gasteiger partial charge in [-0.05, 0) is 48.2 Å². The molecule has 1 heterocycles. The first-order chi connectivity index (χ1) is 15.5. The number of hydrogen-bond acceptors (Lipinski definition) is 3. The minimum Gasteiger partial charge on any atom is -0.348 e. The van der Waals surface area contributed by atoms with Crippen molar-refractivity contribution in [1.29, 1.82) is 0 Å². The number of thioether (sulfide) groups is 1. The lowest BCUT2D eigenvalue weighted by molar-refractivity contribution is 0.0951. The van der Waals surface area contributed by atoms with Crippen LogP contribution in [0.1, 0.15) is 22.8 Å². The van der Waals surface area contributed by atoms with Crippen LogP contribution in [0.2, 0.25) is 10.0 Å². The van der Waals surface area contributed by atoms with Gasteiger partial charge in [-0.3, -0.25) is 4.79 Å². The van der Waals surface area contributed by atoms with Crippen LogP contribution in [0.25, 0.3) is 16.9 Å². The fourth-order valence-corrected chi connectivity index (χ4v) is 4.47. The van der Waals surface area contributed by atoms with Crippen molar-refractivity contribution >= 4 is 40.9 Å². The number of rotatable bonds is 7. The Labute approximate surface area is 201 Å². The van der Waals surface area contributed by atoms with Gasteiger partial charge in [0.15, 0.2) is 0 Å². The molecule has 7 heteroatoms. The second kappa shape index (κ2) is 10.3. The van der Waals surface area contributed by atoms with E-state index in [4.69, 9.17) is 28.3 Å². The summed E-state index contributed by atoms with van der Waals surface area (Å²) in [7, 11) is 0. The highest BCUT2D eigenvalue weighted by molar-refractivity contribution is 7.99. The van der Waals surface area contributed by atoms with Crippen LogP contribution in [0.5, 0.6) is 0 Å². The number of halogens is 2. The van der Waals surface area contributed by atoms with Crippen LogP contribution in [-0.4, -0.2) is 21.4 Å². The molecule has 1 N–H and O–H groups in total. The molecule has 3 aromatic carbocycles. The molecule has 0 aliphatic heterocycles. The number of benzene rings is 3. The molecule has 0 unspecified atom stereocenters. The molecule has 0 fully saturated rings. The molecule has 4 aromatic rings. The molecule has 0 saturated heterocycles. The third kappa shape index (κ3) is 5.18. The Morgan fingerprint density at radius 2 is 1.78 bits per heavy atom. The first-order valence-electron chi connectivity index (χ1n) is 10.2. The number of nitrogens with zero attached hydrogens (tertiary/aromatic N) is 2. The maximum atomic E-state index is 12.7. The van der Waals surface area contributed by atoms with Gasteiger partial charge in [0, 0.05) is 33.8 Å². The normalized spacial score (nSPS) is 10.8. The van der Waals surface area contributed by atoms with E-state index in [0.29, 0.717) is 22.2 Å². The SMILES string of the molecule is CCSc1ccc(-c2nn(-c3ccccc3)cc2CNC(=O)c2ccc(Cl)cc2Cl)cc1. The Morgan fingerprint density at radius 3 is 2.47 bits per heavy atom. The fraction of sp³-hybridized carbons (Fsp3) is 0.120. The van der Waals surface area contributed by atoms with Gasteiger partial charge in [0.05, 0.1) is 22.0 Å². The number of carbonyl (C=O) groups is 1. The summed E-state index contributed by atoms with van der Waals surface area (Å²) in [5.41, 5.74) is 4.06. The van der Waals surface area contributed by atoms with Gasteiger partial charge < -0.3 is 5.32 Å². The standard InChI is InChI=1S/C25H21Cl2N3OS/c1-2-32-21-11-8-17(9-12-21)24-18(16-30(29-24)20-6-4-3-5-7-20)15-28-25(31)22-13-10-19(26)14-23(22)27/h3-14,16H,2,15H2,1H3,(H,28,31). The van der Waals surface area contributed by atoms with Gasteiger partial charge in [0.2, 0.25) is 0 Å². The Morgan fingerprint density at radius 1 is 1.03 bits per heavy atom. The van der Waals surface area contributed by atoms with Gasteiger partial charge in [-0.1, -0.05) is 60.5 Å². The van der Waals surface area contributed by atoms with E-state index in [0.717, 1.165) is 28.3 Å². The summed E-state index contributed by atoms with van der Waals surface area (Å²) in [4.78, 5) is 13.9. The molecule has 0 atom stereocenters. The van der Waals surface area contributed by atoms with Crippen molar-refractivity contribution in [2.75, 3.05) is 5.75 Å². The maximum Gasteiger partial charge on any atom is 0.253 e. The molecule has 0 spiro atoms. The molecule has 1 aromatic heterocycles. The second-order valence-electron chi connectivity index (χ2n) is 7.05. The van der Waals surface area contributed by atoms with Crippen molar-refractivity contribution in [2.24, 2.45) is 0 Å². The molecule has 0 aliphatic carbocycles. The Balaban J connectivity index is 1.63.